The number of pyridine rings is 1. The molecule has 1 fully saturated rings. The summed E-state index contributed by atoms with van der Waals surface area (Å²) in [5.41, 5.74) is 5.88. The van der Waals surface area contributed by atoms with Crippen molar-refractivity contribution in [1.29, 1.82) is 0 Å². The second kappa shape index (κ2) is 12.5. The summed E-state index contributed by atoms with van der Waals surface area (Å²) in [5.74, 6) is 0.555. The summed E-state index contributed by atoms with van der Waals surface area (Å²) in [6.45, 7) is 5.92. The molecular formula is C25H29ClN4O3S2. The van der Waals surface area contributed by atoms with E-state index in [1.807, 2.05) is 19.2 Å². The molecule has 0 saturated carbocycles. The molecule has 0 spiro atoms. The Morgan fingerprint density at radius 1 is 1.17 bits per heavy atom. The second-order valence-corrected chi connectivity index (χ2v) is 9.48. The molecule has 0 amide bonds. The molecule has 35 heavy (non-hydrogen) atoms. The van der Waals surface area contributed by atoms with E-state index in [-0.39, 0.29) is 31.5 Å². The number of carbonyl (C=O) groups excluding carboxylic acids is 1. The van der Waals surface area contributed by atoms with Crippen molar-refractivity contribution in [3.8, 4) is 5.75 Å². The Bertz CT molecular complexity index is 1110. The van der Waals surface area contributed by atoms with Gasteiger partial charge in [-0.25, -0.2) is 0 Å². The number of ketones is 1. The van der Waals surface area contributed by atoms with Crippen LogP contribution >= 0.6 is 37.3 Å². The van der Waals surface area contributed by atoms with Crippen LogP contribution < -0.4 is 14.5 Å². The minimum absolute atomic E-state index is 0. The number of anilines is 2. The van der Waals surface area contributed by atoms with Gasteiger partial charge in [0.25, 0.3) is 0 Å². The Kier molecular flexibility index (Phi) is 9.71. The number of rotatable bonds is 8. The molecule has 7 nitrogen and oxygen atoms in total. The first kappa shape index (κ1) is 27.2. The fourth-order valence-corrected chi connectivity index (χ4v) is 4.46. The zero-order chi connectivity index (χ0) is 24.1. The van der Waals surface area contributed by atoms with Crippen LogP contribution in [0.15, 0.2) is 67.0 Å². The van der Waals surface area contributed by atoms with Crippen LogP contribution in [0, 0.1) is 0 Å². The van der Waals surface area contributed by atoms with E-state index in [2.05, 4.69) is 41.3 Å². The monoisotopic (exact) mass is 532 g/mol. The minimum atomic E-state index is -0.167. The average molecular weight is 533 g/mol. The lowest BCUT2D eigenvalue weighted by Gasteiger charge is -2.36. The third kappa shape index (κ3) is 7.28. The highest BCUT2D eigenvalue weighted by atomic mass is 35.5. The Morgan fingerprint density at radius 3 is 2.54 bits per heavy atom. The molecule has 1 saturated heterocycles. The lowest BCUT2D eigenvalue weighted by atomic mass is 10.0. The van der Waals surface area contributed by atoms with Crippen molar-refractivity contribution in [2.24, 2.45) is 0 Å². The molecule has 0 radical (unpaired) electrons. The molecule has 2 atom stereocenters. The maximum atomic E-state index is 13.0. The van der Waals surface area contributed by atoms with Crippen molar-refractivity contribution in [3.05, 3.63) is 83.1 Å². The number of benzene rings is 2. The van der Waals surface area contributed by atoms with Gasteiger partial charge >= 0.3 is 0 Å². The average Bonchev–Trinajstić information content (AvgIpc) is 2.83. The van der Waals surface area contributed by atoms with Crippen LogP contribution in [0.2, 0.25) is 5.02 Å². The van der Waals surface area contributed by atoms with Gasteiger partial charge in [0.15, 0.2) is 18.0 Å². The topological polar surface area (TPSA) is 66.9 Å². The van der Waals surface area contributed by atoms with Crippen LogP contribution in [0.1, 0.15) is 29.8 Å². The van der Waals surface area contributed by atoms with Gasteiger partial charge < -0.3 is 19.2 Å². The van der Waals surface area contributed by atoms with Crippen molar-refractivity contribution >= 4 is 54.5 Å². The van der Waals surface area contributed by atoms with Gasteiger partial charge in [0, 0.05) is 54.4 Å². The van der Waals surface area contributed by atoms with Gasteiger partial charge in [-0.2, -0.15) is 13.5 Å². The molecule has 2 heterocycles. The molecule has 1 aliphatic rings. The number of ether oxygens (including phenoxy) is 1. The SMILES string of the molecule is C[C@@H]1CN(c2ccc(OSN(C)Nc3ccc(Cl)cc3C(=O)c3cccnc3)cc2)C[C@H](C)O1.S. The number of aromatic nitrogens is 1. The standard InChI is InChI=1S/C25H27ClN4O3S.H2S/c1-17-15-30(16-18(2)32-17)21-7-9-22(10-8-21)33-34-29(3)28-24-11-6-20(26)13-23(24)25(31)19-5-4-12-27-14-19;/h4-14,17-18,28H,15-16H2,1-3H3;1H2/t17-,18+;. The van der Waals surface area contributed by atoms with Crippen LogP contribution in [0.4, 0.5) is 11.4 Å². The molecule has 0 aliphatic carbocycles. The highest BCUT2D eigenvalue weighted by Crippen LogP contribution is 2.28. The van der Waals surface area contributed by atoms with Gasteiger partial charge in [-0.3, -0.25) is 9.78 Å². The Labute approximate surface area is 222 Å². The summed E-state index contributed by atoms with van der Waals surface area (Å²) in [6, 6.07) is 16.6. The molecular weight excluding hydrogens is 504 g/mol. The quantitative estimate of drug-likeness (QED) is 0.174. The van der Waals surface area contributed by atoms with Crippen LogP contribution in [0.5, 0.6) is 5.75 Å². The van der Waals surface area contributed by atoms with Crippen molar-refractivity contribution in [2.45, 2.75) is 26.1 Å². The van der Waals surface area contributed by atoms with E-state index in [1.54, 1.807) is 40.9 Å². The molecule has 0 bridgehead atoms. The maximum Gasteiger partial charge on any atom is 0.196 e. The molecule has 4 rings (SSSR count). The Balaban J connectivity index is 0.00000342. The van der Waals surface area contributed by atoms with Gasteiger partial charge in [-0.05, 0) is 68.4 Å². The first-order chi connectivity index (χ1) is 16.4. The summed E-state index contributed by atoms with van der Waals surface area (Å²) >= 11 is 7.28. The first-order valence-electron chi connectivity index (χ1n) is 11.0. The number of carbonyl (C=O) groups is 1. The molecule has 1 N–H and O–H groups in total. The van der Waals surface area contributed by atoms with E-state index in [1.165, 1.54) is 6.20 Å². The molecule has 1 aromatic heterocycles. The van der Waals surface area contributed by atoms with Gasteiger partial charge in [0.1, 0.15) is 5.75 Å². The molecule has 10 heteroatoms. The number of nitrogens with zero attached hydrogens (tertiary/aromatic N) is 3. The van der Waals surface area contributed by atoms with Crippen molar-refractivity contribution in [3.63, 3.8) is 0 Å². The number of hydrogen-bond acceptors (Lipinski definition) is 8. The van der Waals surface area contributed by atoms with E-state index in [9.17, 15) is 4.79 Å². The van der Waals surface area contributed by atoms with E-state index >= 15 is 0 Å². The smallest absolute Gasteiger partial charge is 0.196 e. The van der Waals surface area contributed by atoms with E-state index in [0.717, 1.165) is 36.8 Å². The number of hydrazine groups is 1. The van der Waals surface area contributed by atoms with Gasteiger partial charge in [0.05, 0.1) is 17.9 Å². The molecule has 186 valence electrons. The predicted molar refractivity (Wildman–Crippen MR) is 148 cm³/mol. The maximum absolute atomic E-state index is 13.0. The summed E-state index contributed by atoms with van der Waals surface area (Å²) < 4.78 is 13.3. The van der Waals surface area contributed by atoms with E-state index in [4.69, 9.17) is 20.5 Å². The highest BCUT2D eigenvalue weighted by Gasteiger charge is 2.22. The molecule has 3 aromatic rings. The van der Waals surface area contributed by atoms with Crippen molar-refractivity contribution < 1.29 is 13.7 Å². The number of nitrogens with one attached hydrogen (secondary N) is 1. The van der Waals surface area contributed by atoms with E-state index < -0.39 is 0 Å². The van der Waals surface area contributed by atoms with Crippen LogP contribution in [0.25, 0.3) is 0 Å². The lowest BCUT2D eigenvalue weighted by molar-refractivity contribution is -0.00521. The zero-order valence-electron chi connectivity index (χ0n) is 19.8. The van der Waals surface area contributed by atoms with Crippen LogP contribution in [-0.4, -0.2) is 47.5 Å². The first-order valence-corrected chi connectivity index (χ1v) is 12.1. The summed E-state index contributed by atoms with van der Waals surface area (Å²) in [7, 11) is 1.81. The fourth-order valence-electron chi connectivity index (χ4n) is 3.84. The summed E-state index contributed by atoms with van der Waals surface area (Å²) in [4.78, 5) is 19.3. The van der Waals surface area contributed by atoms with Crippen molar-refractivity contribution in [2.75, 3.05) is 30.5 Å². The lowest BCUT2D eigenvalue weighted by Crippen LogP contribution is -2.45. The second-order valence-electron chi connectivity index (χ2n) is 8.18. The van der Waals surface area contributed by atoms with E-state index in [0.29, 0.717) is 21.8 Å². The van der Waals surface area contributed by atoms with Crippen LogP contribution in [0.3, 0.4) is 0 Å². The zero-order valence-corrected chi connectivity index (χ0v) is 22.3. The Hall–Kier alpha value is -2.43. The number of morpholine rings is 1. The molecule has 2 aromatic carbocycles. The minimum Gasteiger partial charge on any atom is -0.408 e. The fraction of sp³-hybridized carbons (Fsp3) is 0.280. The van der Waals surface area contributed by atoms with Gasteiger partial charge in [-0.15, -0.1) is 4.41 Å². The van der Waals surface area contributed by atoms with Crippen molar-refractivity contribution in [1.82, 2.24) is 9.40 Å². The summed E-state index contributed by atoms with van der Waals surface area (Å²) in [5, 5.41) is 0.480. The molecule has 0 unspecified atom stereocenters. The normalized spacial score (nSPS) is 17.6. The Morgan fingerprint density at radius 2 is 1.89 bits per heavy atom. The number of hydrogen-bond donors (Lipinski definition) is 1. The third-order valence-electron chi connectivity index (χ3n) is 5.29. The third-order valence-corrected chi connectivity index (χ3v) is 6.11. The predicted octanol–water partition coefficient (Wildman–Crippen LogP) is 5.59. The van der Waals surface area contributed by atoms with Gasteiger partial charge in [-0.1, -0.05) is 11.6 Å². The number of halogens is 1. The summed E-state index contributed by atoms with van der Waals surface area (Å²) in [6.07, 6.45) is 3.58. The molecule has 1 aliphatic heterocycles. The largest absolute Gasteiger partial charge is 0.408 e. The highest BCUT2D eigenvalue weighted by molar-refractivity contribution is 7.92. The van der Waals surface area contributed by atoms with Crippen LogP contribution in [-0.2, 0) is 4.74 Å². The van der Waals surface area contributed by atoms with Gasteiger partial charge in [0.2, 0.25) is 0 Å².